The van der Waals surface area contributed by atoms with Crippen LogP contribution in [-0.2, 0) is 14.1 Å². The van der Waals surface area contributed by atoms with Gasteiger partial charge in [0.1, 0.15) is 11.4 Å². The number of aromatic nitrogens is 4. The summed E-state index contributed by atoms with van der Waals surface area (Å²) in [6.07, 6.45) is 0. The molecule has 0 aliphatic heterocycles. The molecule has 0 atom stereocenters. The molecule has 1 aromatic carbocycles. The number of Topliss-reactive ketones (excluding diaryl/α,β-unsaturated/α-hetero) is 1. The number of nitrogen functional groups attached to an aromatic ring is 1. The quantitative estimate of drug-likeness (QED) is 0.511. The van der Waals surface area contributed by atoms with Crippen molar-refractivity contribution in [3.05, 3.63) is 56.7 Å². The number of anilines is 1. The standard InChI is InChI=1S/C16H15N5O4S/c1-20-12(17)11(14(23)21(2)16(20)24)10(22)8-26-15-19-18-13(25-15)9-6-4-3-5-7-9/h3-7H,8,17H2,1-2H3. The van der Waals surface area contributed by atoms with E-state index in [1.807, 2.05) is 30.3 Å². The number of rotatable bonds is 5. The van der Waals surface area contributed by atoms with Gasteiger partial charge in [0.05, 0.1) is 5.75 Å². The molecule has 0 radical (unpaired) electrons. The van der Waals surface area contributed by atoms with Crippen LogP contribution in [0, 0.1) is 0 Å². The van der Waals surface area contributed by atoms with Crippen LogP contribution in [0.1, 0.15) is 10.4 Å². The highest BCUT2D eigenvalue weighted by atomic mass is 32.2. The zero-order valence-corrected chi connectivity index (χ0v) is 14.8. The SMILES string of the molecule is Cn1c(N)c(C(=O)CSc2nnc(-c3ccccc3)o2)c(=O)n(C)c1=O. The first-order chi connectivity index (χ1) is 12.4. The highest BCUT2D eigenvalue weighted by Gasteiger charge is 2.21. The lowest BCUT2D eigenvalue weighted by Gasteiger charge is -2.10. The average molecular weight is 373 g/mol. The number of benzene rings is 1. The Balaban J connectivity index is 1.80. The maximum Gasteiger partial charge on any atom is 0.332 e. The Morgan fingerprint density at radius 1 is 1.15 bits per heavy atom. The minimum Gasteiger partial charge on any atom is -0.411 e. The first kappa shape index (κ1) is 17.7. The van der Waals surface area contributed by atoms with Crippen LogP contribution in [-0.4, -0.2) is 30.9 Å². The summed E-state index contributed by atoms with van der Waals surface area (Å²) in [7, 11) is 2.68. The predicted octanol–water partition coefficient (Wildman–Crippen LogP) is 0.691. The van der Waals surface area contributed by atoms with Crippen LogP contribution in [0.3, 0.4) is 0 Å². The van der Waals surface area contributed by atoms with E-state index in [4.69, 9.17) is 10.2 Å². The molecular weight excluding hydrogens is 358 g/mol. The second kappa shape index (κ2) is 7.00. The molecule has 0 fully saturated rings. The van der Waals surface area contributed by atoms with E-state index in [1.165, 1.54) is 14.1 Å². The Morgan fingerprint density at radius 2 is 1.85 bits per heavy atom. The van der Waals surface area contributed by atoms with E-state index < -0.39 is 17.0 Å². The first-order valence-electron chi connectivity index (χ1n) is 7.50. The second-order valence-corrected chi connectivity index (χ2v) is 6.34. The van der Waals surface area contributed by atoms with Gasteiger partial charge in [-0.1, -0.05) is 30.0 Å². The monoisotopic (exact) mass is 373 g/mol. The smallest absolute Gasteiger partial charge is 0.332 e. The second-order valence-electron chi connectivity index (χ2n) is 5.42. The van der Waals surface area contributed by atoms with Crippen molar-refractivity contribution >= 4 is 23.4 Å². The van der Waals surface area contributed by atoms with Gasteiger partial charge in [0.15, 0.2) is 5.78 Å². The van der Waals surface area contributed by atoms with Crippen molar-refractivity contribution in [1.82, 2.24) is 19.3 Å². The third kappa shape index (κ3) is 3.18. The fourth-order valence-corrected chi connectivity index (χ4v) is 2.92. The van der Waals surface area contributed by atoms with Crippen molar-refractivity contribution in [1.29, 1.82) is 0 Å². The van der Waals surface area contributed by atoms with E-state index in [-0.39, 0.29) is 22.4 Å². The van der Waals surface area contributed by atoms with Gasteiger partial charge in [0.2, 0.25) is 5.89 Å². The van der Waals surface area contributed by atoms with Crippen molar-refractivity contribution in [3.8, 4) is 11.5 Å². The van der Waals surface area contributed by atoms with Crippen LogP contribution >= 0.6 is 11.8 Å². The van der Waals surface area contributed by atoms with Gasteiger partial charge < -0.3 is 10.2 Å². The van der Waals surface area contributed by atoms with Gasteiger partial charge in [-0.3, -0.25) is 18.7 Å². The molecular formula is C16H15N5O4S. The van der Waals surface area contributed by atoms with Gasteiger partial charge >= 0.3 is 5.69 Å². The summed E-state index contributed by atoms with van der Waals surface area (Å²) in [6, 6.07) is 9.19. The van der Waals surface area contributed by atoms with Gasteiger partial charge in [-0.15, -0.1) is 10.2 Å². The maximum atomic E-state index is 12.4. The van der Waals surface area contributed by atoms with E-state index in [2.05, 4.69) is 10.2 Å². The van der Waals surface area contributed by atoms with Gasteiger partial charge in [0, 0.05) is 19.7 Å². The minimum atomic E-state index is -0.730. The van der Waals surface area contributed by atoms with E-state index in [9.17, 15) is 14.4 Å². The molecule has 10 heteroatoms. The summed E-state index contributed by atoms with van der Waals surface area (Å²) in [4.78, 5) is 36.4. The van der Waals surface area contributed by atoms with E-state index >= 15 is 0 Å². The number of carbonyl (C=O) groups excluding carboxylic acids is 1. The molecule has 0 unspecified atom stereocenters. The minimum absolute atomic E-state index is 0.131. The van der Waals surface area contributed by atoms with Gasteiger partial charge in [-0.2, -0.15) is 0 Å². The molecule has 0 aliphatic carbocycles. The number of ketones is 1. The Morgan fingerprint density at radius 3 is 2.54 bits per heavy atom. The van der Waals surface area contributed by atoms with E-state index in [0.29, 0.717) is 5.89 Å². The maximum absolute atomic E-state index is 12.4. The molecule has 3 rings (SSSR count). The largest absolute Gasteiger partial charge is 0.411 e. The molecule has 0 saturated carbocycles. The Hall–Kier alpha value is -3.14. The van der Waals surface area contributed by atoms with Gasteiger partial charge in [-0.05, 0) is 12.1 Å². The van der Waals surface area contributed by atoms with Crippen LogP contribution < -0.4 is 17.0 Å². The number of thioether (sulfide) groups is 1. The topological polar surface area (TPSA) is 126 Å². The molecule has 9 nitrogen and oxygen atoms in total. The molecule has 0 spiro atoms. The lowest BCUT2D eigenvalue weighted by molar-refractivity contribution is 0.102. The Labute approximate surface area is 151 Å². The predicted molar refractivity (Wildman–Crippen MR) is 96.1 cm³/mol. The van der Waals surface area contributed by atoms with Crippen LogP contribution in [0.2, 0.25) is 0 Å². The average Bonchev–Trinajstić information content (AvgIpc) is 3.13. The summed E-state index contributed by atoms with van der Waals surface area (Å²) in [5.41, 5.74) is 4.97. The Bertz CT molecular complexity index is 1080. The highest BCUT2D eigenvalue weighted by molar-refractivity contribution is 7.99. The van der Waals surface area contributed by atoms with Crippen molar-refractivity contribution in [2.75, 3.05) is 11.5 Å². The molecule has 2 N–H and O–H groups in total. The Kier molecular flexibility index (Phi) is 4.76. The highest BCUT2D eigenvalue weighted by Crippen LogP contribution is 2.23. The number of nitrogens with zero attached hydrogens (tertiary/aromatic N) is 4. The lowest BCUT2D eigenvalue weighted by Crippen LogP contribution is -2.41. The molecule has 26 heavy (non-hydrogen) atoms. The number of carbonyl (C=O) groups is 1. The summed E-state index contributed by atoms with van der Waals surface area (Å²) in [6.45, 7) is 0. The molecule has 3 aromatic rings. The zero-order valence-electron chi connectivity index (χ0n) is 14.0. The zero-order chi connectivity index (χ0) is 18.8. The normalized spacial score (nSPS) is 10.8. The first-order valence-corrected chi connectivity index (χ1v) is 8.49. The fraction of sp³-hybridized carbons (Fsp3) is 0.188. The van der Waals surface area contributed by atoms with Crippen molar-refractivity contribution in [2.45, 2.75) is 5.22 Å². The third-order valence-electron chi connectivity index (χ3n) is 3.74. The third-order valence-corrected chi connectivity index (χ3v) is 4.56. The van der Waals surface area contributed by atoms with Crippen LogP contribution in [0.5, 0.6) is 0 Å². The fourth-order valence-electron chi connectivity index (χ4n) is 2.29. The number of hydrogen-bond acceptors (Lipinski definition) is 8. The van der Waals surface area contributed by atoms with Crippen molar-refractivity contribution in [2.24, 2.45) is 14.1 Å². The van der Waals surface area contributed by atoms with Gasteiger partial charge in [-0.25, -0.2) is 4.79 Å². The molecule has 134 valence electrons. The van der Waals surface area contributed by atoms with Crippen LogP contribution in [0.25, 0.3) is 11.5 Å². The molecule has 0 saturated heterocycles. The molecule has 0 amide bonds. The van der Waals surface area contributed by atoms with Crippen molar-refractivity contribution < 1.29 is 9.21 Å². The van der Waals surface area contributed by atoms with Crippen LogP contribution in [0.4, 0.5) is 5.82 Å². The summed E-state index contributed by atoms with van der Waals surface area (Å²) < 4.78 is 7.40. The molecule has 2 aromatic heterocycles. The van der Waals surface area contributed by atoms with E-state index in [1.54, 1.807) is 0 Å². The van der Waals surface area contributed by atoms with Gasteiger partial charge in [0.25, 0.3) is 10.8 Å². The summed E-state index contributed by atoms with van der Waals surface area (Å²) >= 11 is 0.991. The van der Waals surface area contributed by atoms with E-state index in [0.717, 1.165) is 26.5 Å². The summed E-state index contributed by atoms with van der Waals surface area (Å²) in [5, 5.41) is 8.00. The number of nitrogens with two attached hydrogens (primary N) is 1. The molecule has 0 aliphatic rings. The number of hydrogen-bond donors (Lipinski definition) is 1. The van der Waals surface area contributed by atoms with Crippen molar-refractivity contribution in [3.63, 3.8) is 0 Å². The molecule has 2 heterocycles. The van der Waals surface area contributed by atoms with Crippen LogP contribution in [0.15, 0.2) is 49.6 Å². The lowest BCUT2D eigenvalue weighted by atomic mass is 10.2. The summed E-state index contributed by atoms with van der Waals surface area (Å²) in [5.74, 6) is -0.492. The molecule has 0 bridgehead atoms.